The molecule has 144 valence electrons. The second-order valence-electron chi connectivity index (χ2n) is 7.48. The van der Waals surface area contributed by atoms with Crippen molar-refractivity contribution in [2.75, 3.05) is 0 Å². The van der Waals surface area contributed by atoms with Gasteiger partial charge < -0.3 is 14.8 Å². The number of rotatable bonds is 6. The van der Waals surface area contributed by atoms with E-state index in [0.717, 1.165) is 16.7 Å². The lowest BCUT2D eigenvalue weighted by Crippen LogP contribution is -2.45. The third kappa shape index (κ3) is 7.52. The Morgan fingerprint density at radius 3 is 2.19 bits per heavy atom. The van der Waals surface area contributed by atoms with E-state index in [2.05, 4.69) is 5.32 Å². The van der Waals surface area contributed by atoms with Gasteiger partial charge in [-0.15, -0.1) is 0 Å². The number of hydrogen-bond donors (Lipinski definition) is 1. The molecular formula is C22H27NO4. The van der Waals surface area contributed by atoms with Crippen LogP contribution in [0, 0.1) is 6.92 Å². The Balaban J connectivity index is 2.03. The third-order valence-electron chi connectivity index (χ3n) is 3.76. The second-order valence-corrected chi connectivity index (χ2v) is 7.48. The molecule has 0 bridgehead atoms. The van der Waals surface area contributed by atoms with Crippen molar-refractivity contribution in [2.24, 2.45) is 0 Å². The highest BCUT2D eigenvalue weighted by Crippen LogP contribution is 2.11. The second kappa shape index (κ2) is 9.21. The number of benzene rings is 2. The van der Waals surface area contributed by atoms with Crippen molar-refractivity contribution in [1.29, 1.82) is 0 Å². The maximum Gasteiger partial charge on any atom is 0.408 e. The third-order valence-corrected chi connectivity index (χ3v) is 3.76. The fourth-order valence-electron chi connectivity index (χ4n) is 2.43. The van der Waals surface area contributed by atoms with Gasteiger partial charge in [0.25, 0.3) is 0 Å². The van der Waals surface area contributed by atoms with Crippen LogP contribution >= 0.6 is 0 Å². The summed E-state index contributed by atoms with van der Waals surface area (Å²) < 4.78 is 10.7. The summed E-state index contributed by atoms with van der Waals surface area (Å²) in [7, 11) is 0. The van der Waals surface area contributed by atoms with E-state index in [1.165, 1.54) is 0 Å². The maximum absolute atomic E-state index is 12.6. The highest BCUT2D eigenvalue weighted by molar-refractivity contribution is 5.81. The van der Waals surface area contributed by atoms with Gasteiger partial charge in [0.1, 0.15) is 18.2 Å². The van der Waals surface area contributed by atoms with Crippen LogP contribution in [0.5, 0.6) is 0 Å². The molecule has 27 heavy (non-hydrogen) atoms. The number of alkyl carbamates (subject to hydrolysis) is 1. The van der Waals surface area contributed by atoms with Crippen LogP contribution in [0.15, 0.2) is 54.6 Å². The van der Waals surface area contributed by atoms with E-state index in [9.17, 15) is 9.59 Å². The van der Waals surface area contributed by atoms with Crippen LogP contribution in [0.3, 0.4) is 0 Å². The molecule has 0 unspecified atom stereocenters. The predicted molar refractivity (Wildman–Crippen MR) is 104 cm³/mol. The minimum Gasteiger partial charge on any atom is -0.459 e. The minimum absolute atomic E-state index is 0.153. The van der Waals surface area contributed by atoms with Gasteiger partial charge in [0.05, 0.1) is 0 Å². The zero-order valence-corrected chi connectivity index (χ0v) is 16.3. The van der Waals surface area contributed by atoms with Gasteiger partial charge in [-0.3, -0.25) is 0 Å². The van der Waals surface area contributed by atoms with Crippen molar-refractivity contribution in [3.63, 3.8) is 0 Å². The molecule has 2 rings (SSSR count). The number of aryl methyl sites for hydroxylation is 1. The number of carbonyl (C=O) groups excluding carboxylic acids is 2. The molecule has 5 heteroatoms. The summed E-state index contributed by atoms with van der Waals surface area (Å²) in [5.74, 6) is -0.495. The molecule has 0 saturated heterocycles. The first-order valence-corrected chi connectivity index (χ1v) is 8.98. The Morgan fingerprint density at radius 1 is 0.963 bits per heavy atom. The van der Waals surface area contributed by atoms with Crippen LogP contribution in [0.4, 0.5) is 4.79 Å². The van der Waals surface area contributed by atoms with E-state index in [0.29, 0.717) is 6.42 Å². The molecular weight excluding hydrogens is 342 g/mol. The highest BCUT2D eigenvalue weighted by Gasteiger charge is 2.26. The Hall–Kier alpha value is -2.82. The summed E-state index contributed by atoms with van der Waals surface area (Å²) >= 11 is 0. The standard InChI is InChI=1S/C22H27NO4/c1-16-10-12-18(13-11-16)15-26-20(24)19(14-17-8-6-5-7-9-17)23-21(25)27-22(2,3)4/h5-13,19H,14-15H2,1-4H3,(H,23,25)/t19-/m0/s1. The quantitative estimate of drug-likeness (QED) is 0.776. The molecule has 0 aliphatic carbocycles. The van der Waals surface area contributed by atoms with Gasteiger partial charge in [-0.25, -0.2) is 9.59 Å². The molecule has 2 aromatic carbocycles. The molecule has 0 fully saturated rings. The van der Waals surface area contributed by atoms with E-state index in [1.807, 2.05) is 61.5 Å². The molecule has 5 nitrogen and oxygen atoms in total. The lowest BCUT2D eigenvalue weighted by atomic mass is 10.1. The van der Waals surface area contributed by atoms with E-state index >= 15 is 0 Å². The summed E-state index contributed by atoms with van der Waals surface area (Å²) in [6.45, 7) is 7.47. The van der Waals surface area contributed by atoms with Gasteiger partial charge >= 0.3 is 12.1 Å². The van der Waals surface area contributed by atoms with Gasteiger partial charge in [-0.2, -0.15) is 0 Å². The largest absolute Gasteiger partial charge is 0.459 e. The van der Waals surface area contributed by atoms with Gasteiger partial charge in [0.2, 0.25) is 0 Å². The lowest BCUT2D eigenvalue weighted by molar-refractivity contribution is -0.147. The fourth-order valence-corrected chi connectivity index (χ4v) is 2.43. The van der Waals surface area contributed by atoms with Crippen molar-refractivity contribution in [3.05, 3.63) is 71.3 Å². The summed E-state index contributed by atoms with van der Waals surface area (Å²) in [4.78, 5) is 24.7. The first kappa shape index (κ1) is 20.5. The van der Waals surface area contributed by atoms with E-state index in [-0.39, 0.29) is 6.61 Å². The maximum atomic E-state index is 12.6. The lowest BCUT2D eigenvalue weighted by Gasteiger charge is -2.23. The van der Waals surface area contributed by atoms with Crippen LogP contribution < -0.4 is 5.32 Å². The Bertz CT molecular complexity index is 748. The van der Waals surface area contributed by atoms with E-state index in [1.54, 1.807) is 20.8 Å². The normalized spacial score (nSPS) is 12.1. The molecule has 0 aromatic heterocycles. The Labute approximate surface area is 160 Å². The van der Waals surface area contributed by atoms with Gasteiger partial charge in [0, 0.05) is 6.42 Å². The first-order chi connectivity index (χ1) is 12.7. The number of hydrogen-bond acceptors (Lipinski definition) is 4. The monoisotopic (exact) mass is 369 g/mol. The van der Waals surface area contributed by atoms with Gasteiger partial charge in [0.15, 0.2) is 0 Å². The molecule has 0 spiro atoms. The molecule has 0 heterocycles. The van der Waals surface area contributed by atoms with Crippen molar-refractivity contribution >= 4 is 12.1 Å². The molecule has 1 atom stereocenters. The first-order valence-electron chi connectivity index (χ1n) is 8.98. The average molecular weight is 369 g/mol. The van der Waals surface area contributed by atoms with Crippen LogP contribution in [0.1, 0.15) is 37.5 Å². The van der Waals surface area contributed by atoms with E-state index < -0.39 is 23.7 Å². The smallest absolute Gasteiger partial charge is 0.408 e. The predicted octanol–water partition coefficient (Wildman–Crippen LogP) is 4.17. The Morgan fingerprint density at radius 2 is 1.59 bits per heavy atom. The molecule has 0 aliphatic heterocycles. The number of ether oxygens (including phenoxy) is 2. The van der Waals surface area contributed by atoms with Crippen LogP contribution in [-0.2, 0) is 27.3 Å². The molecule has 1 amide bonds. The molecule has 0 saturated carbocycles. The van der Waals surface area contributed by atoms with Crippen LogP contribution in [0.2, 0.25) is 0 Å². The zero-order chi connectivity index (χ0) is 19.9. The fraction of sp³-hybridized carbons (Fsp3) is 0.364. The van der Waals surface area contributed by atoms with Crippen molar-refractivity contribution in [2.45, 2.75) is 52.4 Å². The molecule has 1 N–H and O–H groups in total. The minimum atomic E-state index is -0.826. The number of esters is 1. The van der Waals surface area contributed by atoms with Gasteiger partial charge in [-0.05, 0) is 38.8 Å². The van der Waals surface area contributed by atoms with Crippen LogP contribution in [0.25, 0.3) is 0 Å². The van der Waals surface area contributed by atoms with Gasteiger partial charge in [-0.1, -0.05) is 60.2 Å². The van der Waals surface area contributed by atoms with E-state index in [4.69, 9.17) is 9.47 Å². The summed E-state index contributed by atoms with van der Waals surface area (Å²) in [5.41, 5.74) is 2.31. The summed E-state index contributed by atoms with van der Waals surface area (Å²) in [6, 6.07) is 16.4. The summed E-state index contributed by atoms with van der Waals surface area (Å²) in [6.07, 6.45) is -0.317. The molecule has 2 aromatic rings. The zero-order valence-electron chi connectivity index (χ0n) is 16.3. The topological polar surface area (TPSA) is 64.6 Å². The average Bonchev–Trinajstić information content (AvgIpc) is 2.59. The SMILES string of the molecule is Cc1ccc(COC(=O)[C@H](Cc2ccccc2)NC(=O)OC(C)(C)C)cc1. The Kier molecular flexibility index (Phi) is 6.99. The number of carbonyl (C=O) groups is 2. The number of amides is 1. The number of nitrogens with one attached hydrogen (secondary N) is 1. The van der Waals surface area contributed by atoms with Crippen molar-refractivity contribution in [3.8, 4) is 0 Å². The highest BCUT2D eigenvalue weighted by atomic mass is 16.6. The molecule has 0 radical (unpaired) electrons. The van der Waals surface area contributed by atoms with Crippen LogP contribution in [-0.4, -0.2) is 23.7 Å². The van der Waals surface area contributed by atoms with Crippen molar-refractivity contribution < 1.29 is 19.1 Å². The van der Waals surface area contributed by atoms with Crippen molar-refractivity contribution in [1.82, 2.24) is 5.32 Å². The molecule has 0 aliphatic rings. The summed E-state index contributed by atoms with van der Waals surface area (Å²) in [5, 5.41) is 2.63.